The average molecular weight is 1810 g/mol. The molecule has 142 heavy (non-hydrogen) atoms. The first-order chi connectivity index (χ1) is 70.5. The third-order valence-corrected chi connectivity index (χ3v) is 28.2. The van der Waals surface area contributed by atoms with E-state index in [-0.39, 0.29) is 0 Å². The van der Waals surface area contributed by atoms with E-state index in [2.05, 4.69) is 566 Å². The Kier molecular flexibility index (Phi) is 21.2. The molecule has 6 nitrogen and oxygen atoms in total. The fourth-order valence-corrected chi connectivity index (χ4v) is 21.8. The molecule has 6 heteroatoms. The molecular formula is C136H90N4O2. The maximum Gasteiger partial charge on any atom is 0.138 e. The van der Waals surface area contributed by atoms with Crippen molar-refractivity contribution in [1.29, 1.82) is 0 Å². The Labute approximate surface area is 823 Å². The minimum absolute atomic E-state index is 0.751. The molecule has 666 valence electrons. The fraction of sp³-hybridized carbons (Fsp3) is 0. The summed E-state index contributed by atoms with van der Waals surface area (Å²) in [6.45, 7) is 0. The van der Waals surface area contributed by atoms with Crippen LogP contribution in [0.1, 0.15) is 0 Å². The van der Waals surface area contributed by atoms with Crippen molar-refractivity contribution in [2.45, 2.75) is 0 Å². The van der Waals surface area contributed by atoms with E-state index in [1.54, 1.807) is 0 Å². The summed E-state index contributed by atoms with van der Waals surface area (Å²) in [6, 6.07) is 199. The highest BCUT2D eigenvalue weighted by atomic mass is 16.3. The lowest BCUT2D eigenvalue weighted by atomic mass is 9.92. The highest BCUT2D eigenvalue weighted by Crippen LogP contribution is 2.57. The van der Waals surface area contributed by atoms with Crippen LogP contribution in [0, 0.1) is 0 Å². The maximum absolute atomic E-state index is 7.88. The Hall–Kier alpha value is -18.9. The van der Waals surface area contributed by atoms with Crippen molar-refractivity contribution in [1.82, 2.24) is 0 Å². The van der Waals surface area contributed by atoms with Gasteiger partial charge in [0.1, 0.15) is 22.3 Å². The number of rotatable bonds is 21. The van der Waals surface area contributed by atoms with Crippen LogP contribution in [0.5, 0.6) is 0 Å². The van der Waals surface area contributed by atoms with E-state index < -0.39 is 0 Å². The molecule has 0 atom stereocenters. The first kappa shape index (κ1) is 83.7. The van der Waals surface area contributed by atoms with Crippen molar-refractivity contribution in [3.63, 3.8) is 0 Å². The molecule has 0 N–H and O–H groups in total. The summed E-state index contributed by atoms with van der Waals surface area (Å²) in [5, 5.41) is 12.7. The van der Waals surface area contributed by atoms with Crippen molar-refractivity contribution in [2.75, 3.05) is 19.6 Å². The van der Waals surface area contributed by atoms with Gasteiger partial charge >= 0.3 is 0 Å². The van der Waals surface area contributed by atoms with Gasteiger partial charge in [-0.15, -0.1) is 0 Å². The Balaban J connectivity index is 0.673. The summed E-state index contributed by atoms with van der Waals surface area (Å²) in [5.74, 6) is 0. The summed E-state index contributed by atoms with van der Waals surface area (Å²) >= 11 is 0. The fourth-order valence-electron chi connectivity index (χ4n) is 21.8. The number of anilines is 12. The van der Waals surface area contributed by atoms with Crippen LogP contribution in [0.25, 0.3) is 187 Å². The molecule has 0 fully saturated rings. The first-order valence-electron chi connectivity index (χ1n) is 48.6. The molecule has 2 heterocycles. The zero-order chi connectivity index (χ0) is 93.9. The van der Waals surface area contributed by atoms with Crippen LogP contribution in [-0.2, 0) is 0 Å². The van der Waals surface area contributed by atoms with Gasteiger partial charge in [0, 0.05) is 112 Å². The highest BCUT2D eigenvalue weighted by Gasteiger charge is 2.32. The quantitative estimate of drug-likeness (QED) is 0.0714. The number of furan rings is 2. The monoisotopic (exact) mass is 1810 g/mol. The Morgan fingerprint density at radius 3 is 0.620 bits per heavy atom. The van der Waals surface area contributed by atoms with Gasteiger partial charge in [0.2, 0.25) is 0 Å². The topological polar surface area (TPSA) is 39.2 Å². The zero-order valence-electron chi connectivity index (χ0n) is 77.6. The van der Waals surface area contributed by atoms with Crippen LogP contribution < -0.4 is 19.6 Å². The van der Waals surface area contributed by atoms with Crippen LogP contribution in [0.15, 0.2) is 555 Å². The minimum atomic E-state index is 0.751. The van der Waals surface area contributed by atoms with E-state index in [4.69, 9.17) is 8.83 Å². The largest absolute Gasteiger partial charge is 0.456 e. The predicted octanol–water partition coefficient (Wildman–Crippen LogP) is 39.0. The van der Waals surface area contributed by atoms with Gasteiger partial charge in [-0.2, -0.15) is 0 Å². The highest BCUT2D eigenvalue weighted by molar-refractivity contribution is 6.33. The van der Waals surface area contributed by atoms with Crippen LogP contribution >= 0.6 is 0 Å². The molecule has 0 saturated carbocycles. The van der Waals surface area contributed by atoms with Gasteiger partial charge in [-0.3, -0.25) is 0 Å². The molecule has 24 aromatic carbocycles. The number of fused-ring (bicyclic) bond motifs is 14. The Morgan fingerprint density at radius 1 is 0.113 bits per heavy atom. The summed E-state index contributed by atoms with van der Waals surface area (Å²) in [6.07, 6.45) is 0. The molecule has 0 amide bonds. The van der Waals surface area contributed by atoms with Gasteiger partial charge in [0.15, 0.2) is 0 Å². The van der Waals surface area contributed by atoms with E-state index in [9.17, 15) is 0 Å². The van der Waals surface area contributed by atoms with Gasteiger partial charge in [-0.05, 0) is 161 Å². The summed E-state index contributed by atoms with van der Waals surface area (Å²) < 4.78 is 15.5. The van der Waals surface area contributed by atoms with Crippen LogP contribution in [0.3, 0.4) is 0 Å². The van der Waals surface area contributed by atoms with Gasteiger partial charge < -0.3 is 28.4 Å². The standard InChI is InChI=1S/C136H90N4O2/c1-8-43-91(44-9-1)100-59-41-61-103(84-100)137(119-75-34-28-63-105(119)92-45-10-2-11-46-92)125-87-129-133(115-72-25-22-69-111(115)125)134-116-73-26-23-70-112(116)126(88-130(134)141-129)138(120-76-35-29-64-106(120)93-47-12-3-13-48-93)104-62-42-60-101(85-104)98-57-40-58-99(83-98)102-81-82-114-118(86-102)136-132(90-128(114)140(123-79-38-32-67-109(123)96-53-18-6-19-54-96)124-80-39-33-68-110(124)97-55-20-7-21-56-97)142-131-89-127(113-71-24-27-74-117(113)135(131)136)139(121-77-36-30-65-107(121)94-49-14-4-15-50-94)122-78-37-31-66-108(122)95-51-16-5-17-52-95/h1-90H. The lowest BCUT2D eigenvalue weighted by Gasteiger charge is -2.31. The van der Waals surface area contributed by atoms with Crippen LogP contribution in [-0.4, -0.2) is 0 Å². The molecule has 0 radical (unpaired) electrons. The maximum atomic E-state index is 7.88. The Bertz CT molecular complexity index is 9140. The van der Waals surface area contributed by atoms with E-state index in [0.717, 1.165) is 255 Å². The van der Waals surface area contributed by atoms with Crippen molar-refractivity contribution in [3.05, 3.63) is 546 Å². The van der Waals surface area contributed by atoms with E-state index in [0.29, 0.717) is 0 Å². The predicted molar refractivity (Wildman–Crippen MR) is 599 cm³/mol. The van der Waals surface area contributed by atoms with Crippen molar-refractivity contribution in [2.24, 2.45) is 0 Å². The van der Waals surface area contributed by atoms with Gasteiger partial charge in [-0.1, -0.05) is 449 Å². The minimum Gasteiger partial charge on any atom is -0.456 e. The van der Waals surface area contributed by atoms with E-state index in [1.165, 1.54) is 0 Å². The SMILES string of the molecule is c1ccc(-c2cccc(N(c3ccccc3-c3ccccc3)c3cc4oc5cc(N(c6cccc(-c7cccc(-c8ccc9c(N(c%10ccccc%10-c%10ccccc%10)c%10ccccc%10-c%10ccccc%10)cc%10oc%11cc(N(c%12ccccc%12-c%12ccccc%12)c%12ccccc%12-c%12ccccc%12)c%12ccccc%12c%11c%10c9c8)c7)c6)c6ccccc6-c6ccccc6)c6ccccc6c5c4c4ccccc34)c2)cc1. The van der Waals surface area contributed by atoms with Crippen molar-refractivity contribution < 1.29 is 8.83 Å². The summed E-state index contributed by atoms with van der Waals surface area (Å²) in [5.41, 5.74) is 34.8. The molecular weight excluding hydrogens is 1720 g/mol. The Morgan fingerprint density at radius 2 is 0.317 bits per heavy atom. The lowest BCUT2D eigenvalue weighted by molar-refractivity contribution is 0.669. The van der Waals surface area contributed by atoms with Crippen LogP contribution in [0.4, 0.5) is 68.2 Å². The third-order valence-electron chi connectivity index (χ3n) is 28.2. The number of para-hydroxylation sites is 6. The molecule has 26 aromatic rings. The van der Waals surface area contributed by atoms with Gasteiger partial charge in [0.05, 0.1) is 56.9 Å². The molecule has 0 aliphatic rings. The molecule has 0 aliphatic carbocycles. The van der Waals surface area contributed by atoms with Gasteiger partial charge in [-0.25, -0.2) is 0 Å². The first-order valence-corrected chi connectivity index (χ1v) is 48.6. The number of nitrogens with zero attached hydrogens (tertiary/aromatic N) is 4. The molecule has 0 saturated heterocycles. The zero-order valence-corrected chi connectivity index (χ0v) is 77.6. The number of hydrogen-bond donors (Lipinski definition) is 0. The smallest absolute Gasteiger partial charge is 0.138 e. The summed E-state index contributed by atoms with van der Waals surface area (Å²) in [7, 11) is 0. The van der Waals surface area contributed by atoms with Gasteiger partial charge in [0.25, 0.3) is 0 Å². The molecule has 0 unspecified atom stereocenters. The lowest BCUT2D eigenvalue weighted by Crippen LogP contribution is -2.13. The normalized spacial score (nSPS) is 11.5. The third kappa shape index (κ3) is 14.8. The average Bonchev–Trinajstić information content (AvgIpc) is 1.56. The van der Waals surface area contributed by atoms with E-state index >= 15 is 0 Å². The van der Waals surface area contributed by atoms with Crippen molar-refractivity contribution in [3.8, 4) is 100 Å². The number of hydrogen-bond acceptors (Lipinski definition) is 6. The molecule has 2 aromatic heterocycles. The van der Waals surface area contributed by atoms with Crippen molar-refractivity contribution >= 4 is 155 Å². The number of benzene rings is 24. The second kappa shape index (κ2) is 36.0. The van der Waals surface area contributed by atoms with E-state index in [1.807, 2.05) is 0 Å². The molecule has 0 bridgehead atoms. The molecule has 0 spiro atoms. The second-order valence-corrected chi connectivity index (χ2v) is 36.4. The summed E-state index contributed by atoms with van der Waals surface area (Å²) in [4.78, 5) is 9.87. The second-order valence-electron chi connectivity index (χ2n) is 36.4. The molecule has 26 rings (SSSR count). The molecule has 0 aliphatic heterocycles. The van der Waals surface area contributed by atoms with Crippen LogP contribution in [0.2, 0.25) is 0 Å².